The third-order valence-electron chi connectivity index (χ3n) is 24.0. The SMILES string of the molecule is Cc1ccc2c(c1)-c1c(-c3ccccc3-c3ccccc3)cccc1C2(c1cc(-c2cccc3c2-c2ccccc2C3(C)C)cc(-c2cccc3c2-c2ccccc2C3(C)C)c1)c1cc(-c2cccc3c2-c2ccccc2C3(C)C)cc(-c2cccc3c2-c2ccccc2C3(C)C)c1. The summed E-state index contributed by atoms with van der Waals surface area (Å²) in [5, 5.41) is 0. The fourth-order valence-electron chi connectivity index (χ4n) is 19.4. The van der Waals surface area contributed by atoms with Crippen molar-refractivity contribution in [3.8, 4) is 122 Å². The van der Waals surface area contributed by atoms with E-state index < -0.39 is 5.41 Å². The highest BCUT2D eigenvalue weighted by Crippen LogP contribution is 2.64. The van der Waals surface area contributed by atoms with Gasteiger partial charge in [-0.25, -0.2) is 0 Å². The van der Waals surface area contributed by atoms with Gasteiger partial charge in [0.05, 0.1) is 5.41 Å². The van der Waals surface area contributed by atoms with Crippen molar-refractivity contribution < 1.29 is 0 Å². The van der Waals surface area contributed by atoms with Gasteiger partial charge in [0.1, 0.15) is 0 Å². The zero-order valence-electron chi connectivity index (χ0n) is 57.3. The van der Waals surface area contributed by atoms with Crippen LogP contribution >= 0.6 is 0 Å². The molecule has 0 spiro atoms. The summed E-state index contributed by atoms with van der Waals surface area (Å²) in [6.07, 6.45) is 0. The molecule has 0 aliphatic heterocycles. The molecule has 14 aromatic rings. The van der Waals surface area contributed by atoms with Gasteiger partial charge in [-0.1, -0.05) is 322 Å². The molecule has 0 unspecified atom stereocenters. The topological polar surface area (TPSA) is 0 Å². The van der Waals surface area contributed by atoms with Crippen molar-refractivity contribution in [1.29, 1.82) is 0 Å². The van der Waals surface area contributed by atoms with Crippen molar-refractivity contribution in [2.45, 2.75) is 89.4 Å². The van der Waals surface area contributed by atoms with Gasteiger partial charge in [-0.3, -0.25) is 0 Å². The Bertz CT molecular complexity index is 5240. The van der Waals surface area contributed by atoms with E-state index in [9.17, 15) is 0 Å². The molecule has 0 saturated carbocycles. The molecule has 0 nitrogen and oxygen atoms in total. The molecule has 14 aromatic carbocycles. The molecule has 5 aliphatic carbocycles. The Morgan fingerprint density at radius 2 is 0.459 bits per heavy atom. The lowest BCUT2D eigenvalue weighted by atomic mass is 9.65. The number of aryl methyl sites for hydroxylation is 1. The molecule has 0 bridgehead atoms. The largest absolute Gasteiger partial charge is 0.0714 e. The first kappa shape index (κ1) is 58.4. The normalized spacial score (nSPS) is 15.6. The zero-order chi connectivity index (χ0) is 66.4. The molecule has 0 N–H and O–H groups in total. The maximum absolute atomic E-state index is 2.64. The summed E-state index contributed by atoms with van der Waals surface area (Å²) in [6.45, 7) is 21.6. The minimum atomic E-state index is -0.930. The summed E-state index contributed by atoms with van der Waals surface area (Å²) >= 11 is 0. The van der Waals surface area contributed by atoms with Crippen molar-refractivity contribution in [2.24, 2.45) is 0 Å². The molecular weight excluding hydrogens is 1180 g/mol. The zero-order valence-corrected chi connectivity index (χ0v) is 57.3. The van der Waals surface area contributed by atoms with Crippen LogP contribution in [0.3, 0.4) is 0 Å². The lowest BCUT2D eigenvalue weighted by Crippen LogP contribution is -2.29. The Labute approximate surface area is 577 Å². The maximum atomic E-state index is 2.64. The van der Waals surface area contributed by atoms with Crippen molar-refractivity contribution in [1.82, 2.24) is 0 Å². The van der Waals surface area contributed by atoms with Crippen LogP contribution in [0, 0.1) is 6.92 Å². The van der Waals surface area contributed by atoms with E-state index in [1.165, 1.54) is 195 Å². The number of rotatable bonds is 8. The summed E-state index contributed by atoms with van der Waals surface area (Å²) in [5.41, 5.74) is 43.1. The number of benzene rings is 14. The molecule has 0 atom stereocenters. The van der Waals surface area contributed by atoms with Crippen LogP contribution in [0.15, 0.2) is 297 Å². The van der Waals surface area contributed by atoms with Gasteiger partial charge in [-0.15, -0.1) is 0 Å². The van der Waals surface area contributed by atoms with Crippen molar-refractivity contribution in [3.05, 3.63) is 370 Å². The van der Waals surface area contributed by atoms with Gasteiger partial charge in [-0.2, -0.15) is 0 Å². The van der Waals surface area contributed by atoms with Gasteiger partial charge in [0.2, 0.25) is 0 Å². The van der Waals surface area contributed by atoms with Crippen molar-refractivity contribution in [3.63, 3.8) is 0 Å². The van der Waals surface area contributed by atoms with Crippen LogP contribution in [0.25, 0.3) is 122 Å². The van der Waals surface area contributed by atoms with E-state index >= 15 is 0 Å². The fraction of sp³-hybridized carbons (Fsp3) is 0.143. The number of hydrogen-bond acceptors (Lipinski definition) is 0. The van der Waals surface area contributed by atoms with E-state index in [1.807, 2.05) is 0 Å². The number of hydrogen-bond donors (Lipinski definition) is 0. The average molecular weight is 1250 g/mol. The minimum Gasteiger partial charge on any atom is -0.0622 e. The standard InChI is InChI=1S/C98H76/c1-59-50-51-83-78(52-59)93-73(72-31-14-13-30-67(72)60-28-11-10-12-29-60)40-27-49-88(93)98(83,65-55-61(68-36-23-45-84-89(68)74-32-15-19-41-79(74)94(84,2)3)53-62(56-65)69-37-24-46-85-90(69)75-33-16-20-42-80(75)95(85,4)5)66-57-63(70-38-25-47-86-91(70)76-34-17-21-43-81(76)96(86,6)7)54-64(58-66)71-39-26-48-87-92(71)77-35-18-22-44-82(77)97(87,8)9/h10-58H,1-9H3. The summed E-state index contributed by atoms with van der Waals surface area (Å²) in [4.78, 5) is 0. The van der Waals surface area contributed by atoms with Gasteiger partial charge < -0.3 is 0 Å². The average Bonchev–Trinajstić information content (AvgIpc) is 1.49. The summed E-state index contributed by atoms with van der Waals surface area (Å²) < 4.78 is 0. The molecule has 468 valence electrons. The van der Waals surface area contributed by atoms with Crippen LogP contribution < -0.4 is 0 Å². The van der Waals surface area contributed by atoms with Gasteiger partial charge in [-0.05, 0) is 232 Å². The van der Waals surface area contributed by atoms with Crippen LogP contribution in [0.4, 0.5) is 0 Å². The van der Waals surface area contributed by atoms with Crippen molar-refractivity contribution in [2.75, 3.05) is 0 Å². The first-order chi connectivity index (χ1) is 47.6. The molecule has 19 rings (SSSR count). The first-order valence-corrected chi connectivity index (χ1v) is 35.2. The van der Waals surface area contributed by atoms with E-state index in [4.69, 9.17) is 0 Å². The van der Waals surface area contributed by atoms with E-state index in [1.54, 1.807) is 0 Å². The van der Waals surface area contributed by atoms with Crippen LogP contribution in [-0.4, -0.2) is 0 Å². The fourth-order valence-corrected chi connectivity index (χ4v) is 19.4. The van der Waals surface area contributed by atoms with E-state index in [0.717, 1.165) is 0 Å². The Kier molecular flexibility index (Phi) is 12.4. The Balaban J connectivity index is 1.00. The Morgan fingerprint density at radius 3 is 0.837 bits per heavy atom. The summed E-state index contributed by atoms with van der Waals surface area (Å²) in [5.74, 6) is 0. The van der Waals surface area contributed by atoms with Gasteiger partial charge >= 0.3 is 0 Å². The molecule has 0 fully saturated rings. The summed E-state index contributed by atoms with van der Waals surface area (Å²) in [7, 11) is 0. The van der Waals surface area contributed by atoms with Gasteiger partial charge in [0.25, 0.3) is 0 Å². The molecule has 98 heavy (non-hydrogen) atoms. The van der Waals surface area contributed by atoms with Crippen LogP contribution in [0.5, 0.6) is 0 Å². The highest BCUT2D eigenvalue weighted by atomic mass is 14.5. The minimum absolute atomic E-state index is 0.204. The molecule has 0 heterocycles. The first-order valence-electron chi connectivity index (χ1n) is 35.2. The second-order valence-electron chi connectivity index (χ2n) is 30.6. The van der Waals surface area contributed by atoms with Crippen LogP contribution in [0.2, 0.25) is 0 Å². The van der Waals surface area contributed by atoms with Crippen molar-refractivity contribution >= 4 is 0 Å². The van der Waals surface area contributed by atoms with Gasteiger partial charge in [0, 0.05) is 21.7 Å². The third-order valence-corrected chi connectivity index (χ3v) is 24.0. The monoisotopic (exact) mass is 1250 g/mol. The van der Waals surface area contributed by atoms with E-state index in [0.29, 0.717) is 0 Å². The van der Waals surface area contributed by atoms with Gasteiger partial charge in [0.15, 0.2) is 0 Å². The predicted molar refractivity (Wildman–Crippen MR) is 411 cm³/mol. The predicted octanol–water partition coefficient (Wildman–Crippen LogP) is 25.6. The third kappa shape index (κ3) is 7.95. The van der Waals surface area contributed by atoms with Crippen LogP contribution in [-0.2, 0) is 27.1 Å². The Morgan fingerprint density at radius 1 is 0.173 bits per heavy atom. The van der Waals surface area contributed by atoms with E-state index in [2.05, 4.69) is 360 Å². The molecule has 0 aromatic heterocycles. The van der Waals surface area contributed by atoms with Crippen LogP contribution in [0.1, 0.15) is 128 Å². The van der Waals surface area contributed by atoms with E-state index in [-0.39, 0.29) is 21.7 Å². The highest BCUT2D eigenvalue weighted by molar-refractivity contribution is 6.04. The molecule has 5 aliphatic rings. The smallest absolute Gasteiger partial charge is 0.0622 e. The number of fused-ring (bicyclic) bond motifs is 15. The quantitative estimate of drug-likeness (QED) is 0.142. The lowest BCUT2D eigenvalue weighted by molar-refractivity contribution is 0.660. The Hall–Kier alpha value is -10.9. The molecule has 0 heteroatoms. The second-order valence-corrected chi connectivity index (χ2v) is 30.6. The molecule has 0 radical (unpaired) electrons. The molecule has 0 amide bonds. The molecule has 0 saturated heterocycles. The highest BCUT2D eigenvalue weighted by Gasteiger charge is 2.50. The summed E-state index contributed by atoms with van der Waals surface area (Å²) in [6, 6.07) is 116. The maximum Gasteiger partial charge on any atom is 0.0714 e. The molecular formula is C98H76. The second kappa shape index (κ2) is 20.8. The lowest BCUT2D eigenvalue weighted by Gasteiger charge is -2.36.